The number of rotatable bonds is 5. The van der Waals surface area contributed by atoms with Crippen molar-refractivity contribution in [3.05, 3.63) is 29.8 Å². The Labute approximate surface area is 139 Å². The molecule has 4 nitrogen and oxygen atoms in total. The number of halogens is 3. The third kappa shape index (κ3) is 4.63. The van der Waals surface area contributed by atoms with Gasteiger partial charge in [0.05, 0.1) is 13.0 Å². The van der Waals surface area contributed by atoms with E-state index < -0.39 is 12.6 Å². The first-order valence-electron chi connectivity index (χ1n) is 8.22. The van der Waals surface area contributed by atoms with E-state index in [9.17, 15) is 18.0 Å². The van der Waals surface area contributed by atoms with Crippen LogP contribution in [0, 0.1) is 5.92 Å². The summed E-state index contributed by atoms with van der Waals surface area (Å²) >= 11 is 0. The highest BCUT2D eigenvalue weighted by molar-refractivity contribution is 5.90. The number of ether oxygens (including phenoxy) is 1. The number of urea groups is 1. The van der Waals surface area contributed by atoms with Crippen molar-refractivity contribution >= 4 is 11.7 Å². The second-order valence-corrected chi connectivity index (χ2v) is 6.49. The van der Waals surface area contributed by atoms with Crippen molar-refractivity contribution < 1.29 is 22.7 Å². The van der Waals surface area contributed by atoms with Crippen LogP contribution in [-0.4, -0.2) is 42.9 Å². The van der Waals surface area contributed by atoms with E-state index >= 15 is 0 Å². The van der Waals surface area contributed by atoms with Crippen molar-refractivity contribution in [3.8, 4) is 0 Å². The predicted octanol–water partition coefficient (Wildman–Crippen LogP) is 3.82. The summed E-state index contributed by atoms with van der Waals surface area (Å²) in [5, 5.41) is 2.67. The first kappa shape index (κ1) is 17.1. The predicted molar refractivity (Wildman–Crippen MR) is 83.9 cm³/mol. The summed E-state index contributed by atoms with van der Waals surface area (Å²) in [7, 11) is 0. The second-order valence-electron chi connectivity index (χ2n) is 6.49. The molecule has 0 aromatic heterocycles. The van der Waals surface area contributed by atoms with E-state index in [0.29, 0.717) is 25.7 Å². The van der Waals surface area contributed by atoms with Gasteiger partial charge in [-0.05, 0) is 30.9 Å². The fourth-order valence-electron chi connectivity index (χ4n) is 2.99. The summed E-state index contributed by atoms with van der Waals surface area (Å²) in [6.07, 6.45) is -2.54. The highest BCUT2D eigenvalue weighted by Gasteiger charge is 2.35. The molecule has 1 aromatic rings. The Morgan fingerprint density at radius 2 is 2.00 bits per heavy atom. The molecule has 1 aromatic carbocycles. The Balaban J connectivity index is 1.68. The molecule has 1 aliphatic carbocycles. The molecule has 2 amide bonds. The molecule has 0 unspecified atom stereocenters. The first-order valence-corrected chi connectivity index (χ1v) is 8.22. The highest BCUT2D eigenvalue weighted by Crippen LogP contribution is 2.31. The van der Waals surface area contributed by atoms with Gasteiger partial charge in [0.25, 0.3) is 0 Å². The minimum absolute atomic E-state index is 0.0818. The third-order valence-electron chi connectivity index (χ3n) is 4.38. The molecular weight excluding hydrogens is 321 g/mol. The zero-order valence-corrected chi connectivity index (χ0v) is 13.3. The van der Waals surface area contributed by atoms with Crippen molar-refractivity contribution in [3.63, 3.8) is 0 Å². The molecule has 1 saturated carbocycles. The van der Waals surface area contributed by atoms with Crippen LogP contribution in [0.5, 0.6) is 0 Å². The number of hydrogen-bond donors (Lipinski definition) is 1. The third-order valence-corrected chi connectivity index (χ3v) is 4.38. The lowest BCUT2D eigenvalue weighted by Crippen LogP contribution is -2.40. The average Bonchev–Trinajstić information content (AvgIpc) is 3.21. The van der Waals surface area contributed by atoms with Gasteiger partial charge in [-0.15, -0.1) is 0 Å². The molecule has 0 spiro atoms. The number of anilines is 1. The van der Waals surface area contributed by atoms with Crippen LogP contribution in [0.25, 0.3) is 0 Å². The van der Waals surface area contributed by atoms with E-state index in [2.05, 4.69) is 5.32 Å². The van der Waals surface area contributed by atoms with Crippen LogP contribution in [-0.2, 0) is 11.2 Å². The van der Waals surface area contributed by atoms with E-state index in [-0.39, 0.29) is 23.3 Å². The van der Waals surface area contributed by atoms with Crippen LogP contribution in [0.3, 0.4) is 0 Å². The number of hydrogen-bond acceptors (Lipinski definition) is 2. The van der Waals surface area contributed by atoms with E-state index in [1.165, 1.54) is 12.1 Å². The molecule has 7 heteroatoms. The van der Waals surface area contributed by atoms with Gasteiger partial charge in [-0.1, -0.05) is 18.2 Å². The fraction of sp³-hybridized carbons (Fsp3) is 0.588. The number of alkyl halides is 3. The van der Waals surface area contributed by atoms with E-state index in [1.807, 2.05) is 0 Å². The average molecular weight is 342 g/mol. The zero-order chi connectivity index (χ0) is 17.2. The van der Waals surface area contributed by atoms with Crippen molar-refractivity contribution in [1.82, 2.24) is 4.90 Å². The Morgan fingerprint density at radius 3 is 2.62 bits per heavy atom. The summed E-state index contributed by atoms with van der Waals surface area (Å²) in [5.74, 6) is 0.307. The molecule has 0 radical (unpaired) electrons. The van der Waals surface area contributed by atoms with E-state index in [1.54, 1.807) is 17.0 Å². The highest BCUT2D eigenvalue weighted by atomic mass is 19.4. The summed E-state index contributed by atoms with van der Waals surface area (Å²) in [6.45, 7) is 1.94. The number of nitrogens with zero attached hydrogens (tertiary/aromatic N) is 1. The molecule has 24 heavy (non-hydrogen) atoms. The van der Waals surface area contributed by atoms with E-state index in [4.69, 9.17) is 4.74 Å². The molecule has 132 valence electrons. The van der Waals surface area contributed by atoms with Crippen LogP contribution in [0.2, 0.25) is 0 Å². The lowest BCUT2D eigenvalue weighted by atomic mass is 10.1. The minimum atomic E-state index is -4.31. The Bertz CT molecular complexity index is 581. The van der Waals surface area contributed by atoms with Gasteiger partial charge in [0.15, 0.2) is 0 Å². The van der Waals surface area contributed by atoms with Gasteiger partial charge in [-0.3, -0.25) is 0 Å². The molecule has 1 N–H and O–H groups in total. The molecule has 1 heterocycles. The van der Waals surface area contributed by atoms with Crippen LogP contribution in [0.1, 0.15) is 24.8 Å². The SMILES string of the molecule is O=C(Nc1ccccc1CC(F)(F)F)N(C[C@@H]1CCOC1)C1CC1. The number of para-hydroxylation sites is 1. The lowest BCUT2D eigenvalue weighted by molar-refractivity contribution is -0.127. The lowest BCUT2D eigenvalue weighted by Gasteiger charge is -2.26. The van der Waals surface area contributed by atoms with Crippen molar-refractivity contribution in [1.29, 1.82) is 0 Å². The number of amides is 2. The molecular formula is C17H21F3N2O2. The number of carbonyl (C=O) groups excluding carboxylic acids is 1. The Morgan fingerprint density at radius 1 is 1.25 bits per heavy atom. The number of carbonyl (C=O) groups is 1. The summed E-state index contributed by atoms with van der Waals surface area (Å²) in [4.78, 5) is 14.3. The van der Waals surface area contributed by atoms with Crippen LogP contribution in [0.15, 0.2) is 24.3 Å². The number of benzene rings is 1. The van der Waals surface area contributed by atoms with Crippen LogP contribution < -0.4 is 5.32 Å². The van der Waals surface area contributed by atoms with Gasteiger partial charge in [0.2, 0.25) is 0 Å². The van der Waals surface area contributed by atoms with Gasteiger partial charge in [0.1, 0.15) is 0 Å². The maximum Gasteiger partial charge on any atom is 0.393 e. The first-order chi connectivity index (χ1) is 11.4. The molecule has 0 bridgehead atoms. The van der Waals surface area contributed by atoms with Crippen LogP contribution >= 0.6 is 0 Å². The summed E-state index contributed by atoms with van der Waals surface area (Å²) in [5.41, 5.74) is 0.312. The molecule has 1 saturated heterocycles. The van der Waals surface area contributed by atoms with Gasteiger partial charge in [0, 0.05) is 30.8 Å². The Kier molecular flexibility index (Phi) is 4.99. The van der Waals surface area contributed by atoms with Crippen molar-refractivity contribution in [2.24, 2.45) is 5.92 Å². The maximum atomic E-state index is 12.7. The van der Waals surface area contributed by atoms with Crippen molar-refractivity contribution in [2.45, 2.75) is 37.9 Å². The fourth-order valence-corrected chi connectivity index (χ4v) is 2.99. The van der Waals surface area contributed by atoms with Gasteiger partial charge < -0.3 is 15.0 Å². The number of nitrogens with one attached hydrogen (secondary N) is 1. The largest absolute Gasteiger partial charge is 0.393 e. The quantitative estimate of drug-likeness (QED) is 0.884. The van der Waals surface area contributed by atoms with Crippen molar-refractivity contribution in [2.75, 3.05) is 25.1 Å². The topological polar surface area (TPSA) is 41.6 Å². The molecule has 2 fully saturated rings. The van der Waals surface area contributed by atoms with E-state index in [0.717, 1.165) is 19.3 Å². The molecule has 1 aliphatic heterocycles. The second kappa shape index (κ2) is 7.01. The monoisotopic (exact) mass is 342 g/mol. The van der Waals surface area contributed by atoms with Crippen LogP contribution in [0.4, 0.5) is 23.7 Å². The molecule has 1 atom stereocenters. The minimum Gasteiger partial charge on any atom is -0.381 e. The molecule has 3 rings (SSSR count). The standard InChI is InChI=1S/C17H21F3N2O2/c18-17(19,20)9-13-3-1-2-4-15(13)21-16(23)22(14-5-6-14)10-12-7-8-24-11-12/h1-4,12,14H,5-11H2,(H,21,23)/t12-/m0/s1. The zero-order valence-electron chi connectivity index (χ0n) is 13.3. The van der Waals surface area contributed by atoms with Gasteiger partial charge in [-0.25, -0.2) is 4.79 Å². The van der Waals surface area contributed by atoms with Gasteiger partial charge >= 0.3 is 12.2 Å². The summed E-state index contributed by atoms with van der Waals surface area (Å²) in [6, 6.07) is 5.96. The smallest absolute Gasteiger partial charge is 0.381 e. The van der Waals surface area contributed by atoms with Gasteiger partial charge in [-0.2, -0.15) is 13.2 Å². The summed E-state index contributed by atoms with van der Waals surface area (Å²) < 4.78 is 43.4. The Hall–Kier alpha value is -1.76. The molecule has 2 aliphatic rings. The maximum absolute atomic E-state index is 12.7. The normalized spacial score (nSPS) is 20.9.